The van der Waals surface area contributed by atoms with Gasteiger partial charge in [0.1, 0.15) is 5.75 Å². The second-order valence-corrected chi connectivity index (χ2v) is 8.01. The van der Waals surface area contributed by atoms with E-state index in [1.807, 2.05) is 25.2 Å². The fraction of sp³-hybridized carbons (Fsp3) is 0.360. The number of ether oxygens (including phenoxy) is 2. The number of rotatable bonds is 9. The predicted molar refractivity (Wildman–Crippen MR) is 127 cm³/mol. The van der Waals surface area contributed by atoms with E-state index in [1.165, 1.54) is 5.56 Å². The highest BCUT2D eigenvalue weighted by molar-refractivity contribution is 5.98. The van der Waals surface area contributed by atoms with Crippen LogP contribution in [0.3, 0.4) is 0 Å². The van der Waals surface area contributed by atoms with E-state index in [-0.39, 0.29) is 0 Å². The molecule has 1 aliphatic rings. The molecular formula is C25H32N4O2. The Balaban J connectivity index is 1.63. The molecule has 0 saturated carbocycles. The minimum absolute atomic E-state index is 0.335. The molecule has 2 heterocycles. The summed E-state index contributed by atoms with van der Waals surface area (Å²) in [5.74, 6) is 0.861. The molecule has 0 radical (unpaired) electrons. The zero-order valence-electron chi connectivity index (χ0n) is 18.4. The van der Waals surface area contributed by atoms with Crippen LogP contribution in [0.15, 0.2) is 49.0 Å². The van der Waals surface area contributed by atoms with E-state index < -0.39 is 0 Å². The Morgan fingerprint density at radius 3 is 2.87 bits per heavy atom. The molecule has 4 N–H and O–H groups in total. The van der Waals surface area contributed by atoms with Gasteiger partial charge in [0.25, 0.3) is 0 Å². The summed E-state index contributed by atoms with van der Waals surface area (Å²) in [4.78, 5) is 0. The lowest BCUT2D eigenvalue weighted by Crippen LogP contribution is -2.25. The number of hydrogen-bond acceptors (Lipinski definition) is 5. The molecular weight excluding hydrogens is 388 g/mol. The third-order valence-electron chi connectivity index (χ3n) is 6.00. The van der Waals surface area contributed by atoms with Gasteiger partial charge in [-0.2, -0.15) is 0 Å². The molecule has 0 aliphatic carbocycles. The zero-order valence-corrected chi connectivity index (χ0v) is 18.4. The average molecular weight is 421 g/mol. The zero-order chi connectivity index (χ0) is 21.8. The Kier molecular flexibility index (Phi) is 6.49. The molecule has 31 heavy (non-hydrogen) atoms. The topological polar surface area (TPSA) is 73.5 Å². The summed E-state index contributed by atoms with van der Waals surface area (Å²) in [5, 5.41) is 7.71. The second kappa shape index (κ2) is 9.45. The number of aromatic nitrogens is 1. The summed E-state index contributed by atoms with van der Waals surface area (Å²) >= 11 is 0. The fourth-order valence-corrected chi connectivity index (χ4v) is 4.36. The summed E-state index contributed by atoms with van der Waals surface area (Å²) in [5.41, 5.74) is 12.4. The first-order valence-corrected chi connectivity index (χ1v) is 10.8. The smallest absolute Gasteiger partial charge is 0.123 e. The van der Waals surface area contributed by atoms with Gasteiger partial charge in [-0.3, -0.25) is 0 Å². The predicted octanol–water partition coefficient (Wildman–Crippen LogP) is 3.74. The molecule has 1 atom stereocenters. The van der Waals surface area contributed by atoms with E-state index in [4.69, 9.17) is 15.2 Å². The molecule has 6 nitrogen and oxygen atoms in total. The van der Waals surface area contributed by atoms with Gasteiger partial charge in [-0.1, -0.05) is 30.8 Å². The van der Waals surface area contributed by atoms with Crippen LogP contribution in [0.4, 0.5) is 5.69 Å². The molecule has 6 heteroatoms. The van der Waals surface area contributed by atoms with Crippen molar-refractivity contribution in [3.8, 4) is 5.75 Å². The van der Waals surface area contributed by atoms with E-state index in [1.54, 1.807) is 7.11 Å². The third kappa shape index (κ3) is 4.40. The first-order valence-electron chi connectivity index (χ1n) is 10.8. The maximum atomic E-state index is 6.52. The molecule has 1 fully saturated rings. The van der Waals surface area contributed by atoms with E-state index >= 15 is 0 Å². The van der Waals surface area contributed by atoms with Crippen LogP contribution in [0.5, 0.6) is 5.75 Å². The number of anilines is 1. The van der Waals surface area contributed by atoms with Crippen LogP contribution in [-0.4, -0.2) is 38.0 Å². The Labute approximate surface area is 184 Å². The number of hydrogen-bond donors (Lipinski definition) is 3. The third-order valence-corrected chi connectivity index (χ3v) is 6.00. The van der Waals surface area contributed by atoms with Crippen LogP contribution in [0.1, 0.15) is 29.7 Å². The van der Waals surface area contributed by atoms with Crippen molar-refractivity contribution >= 4 is 22.3 Å². The molecule has 1 unspecified atom stereocenters. The van der Waals surface area contributed by atoms with E-state index in [9.17, 15) is 0 Å². The summed E-state index contributed by atoms with van der Waals surface area (Å²) in [6.45, 7) is 7.37. The van der Waals surface area contributed by atoms with Crippen LogP contribution in [0.25, 0.3) is 16.6 Å². The maximum absolute atomic E-state index is 6.52. The van der Waals surface area contributed by atoms with Crippen molar-refractivity contribution in [3.63, 3.8) is 0 Å². The SMILES string of the molecule is C=C(NC)c1c(N)c2ccccc2n1Cc1cc(CNCC2CCCO2)ccc1OC. The minimum Gasteiger partial charge on any atom is -0.496 e. The standard InChI is InChI=1S/C25H32N4O2/c1-17(27-2)25-24(26)21-8-4-5-9-22(21)29(25)16-19-13-18(10-11-23(19)30-3)14-28-15-20-7-6-12-31-20/h4-5,8-11,13,20,27-28H,1,6-7,12,14-16,26H2,2-3H3. The highest BCUT2D eigenvalue weighted by atomic mass is 16.5. The quantitative estimate of drug-likeness (QED) is 0.492. The highest BCUT2D eigenvalue weighted by Gasteiger charge is 2.19. The Morgan fingerprint density at radius 1 is 1.29 bits per heavy atom. The van der Waals surface area contributed by atoms with Crippen molar-refractivity contribution < 1.29 is 9.47 Å². The number of methoxy groups -OCH3 is 1. The number of nitrogens with zero attached hydrogens (tertiary/aromatic N) is 1. The highest BCUT2D eigenvalue weighted by Crippen LogP contribution is 2.33. The Bertz CT molecular complexity index is 1070. The van der Waals surface area contributed by atoms with E-state index in [2.05, 4.69) is 46.0 Å². The molecule has 3 aromatic rings. The van der Waals surface area contributed by atoms with Gasteiger partial charge in [0, 0.05) is 37.7 Å². The van der Waals surface area contributed by atoms with E-state index in [0.29, 0.717) is 12.6 Å². The van der Waals surface area contributed by atoms with Crippen LogP contribution in [-0.2, 0) is 17.8 Å². The molecule has 164 valence electrons. The molecule has 0 spiro atoms. The van der Waals surface area contributed by atoms with Crippen molar-refractivity contribution in [2.24, 2.45) is 0 Å². The second-order valence-electron chi connectivity index (χ2n) is 8.01. The van der Waals surface area contributed by atoms with Gasteiger partial charge < -0.3 is 30.4 Å². The van der Waals surface area contributed by atoms with Gasteiger partial charge in [0.05, 0.1) is 42.4 Å². The number of nitrogens with one attached hydrogen (secondary N) is 2. The van der Waals surface area contributed by atoms with Gasteiger partial charge in [-0.25, -0.2) is 0 Å². The van der Waals surface area contributed by atoms with Gasteiger partial charge in [0.15, 0.2) is 0 Å². The lowest BCUT2D eigenvalue weighted by atomic mass is 10.1. The fourth-order valence-electron chi connectivity index (χ4n) is 4.36. The molecule has 0 bridgehead atoms. The van der Waals surface area contributed by atoms with Crippen molar-refractivity contribution in [1.29, 1.82) is 0 Å². The summed E-state index contributed by atoms with van der Waals surface area (Å²) in [7, 11) is 3.58. The number of fused-ring (bicyclic) bond motifs is 1. The molecule has 2 aromatic carbocycles. The maximum Gasteiger partial charge on any atom is 0.123 e. The van der Waals surface area contributed by atoms with Crippen molar-refractivity contribution in [2.45, 2.75) is 32.0 Å². The van der Waals surface area contributed by atoms with E-state index in [0.717, 1.165) is 71.8 Å². The summed E-state index contributed by atoms with van der Waals surface area (Å²) < 4.78 is 13.6. The van der Waals surface area contributed by atoms with Gasteiger partial charge >= 0.3 is 0 Å². The lowest BCUT2D eigenvalue weighted by Gasteiger charge is -2.17. The first kappa shape index (κ1) is 21.3. The number of nitrogen functional groups attached to an aromatic ring is 1. The van der Waals surface area contributed by atoms with Crippen molar-refractivity contribution in [3.05, 3.63) is 65.9 Å². The van der Waals surface area contributed by atoms with Gasteiger partial charge in [-0.15, -0.1) is 0 Å². The summed E-state index contributed by atoms with van der Waals surface area (Å²) in [6.07, 6.45) is 2.64. The largest absolute Gasteiger partial charge is 0.496 e. The summed E-state index contributed by atoms with van der Waals surface area (Å²) in [6, 6.07) is 14.6. The van der Waals surface area contributed by atoms with Crippen LogP contribution < -0.4 is 21.1 Å². The Hall–Kier alpha value is -2.96. The number of nitrogens with two attached hydrogens (primary N) is 1. The monoisotopic (exact) mass is 420 g/mol. The lowest BCUT2D eigenvalue weighted by molar-refractivity contribution is 0.110. The van der Waals surface area contributed by atoms with Crippen molar-refractivity contribution in [2.75, 3.05) is 33.0 Å². The normalized spacial score (nSPS) is 16.0. The first-order chi connectivity index (χ1) is 15.1. The Morgan fingerprint density at radius 2 is 2.13 bits per heavy atom. The minimum atomic E-state index is 0.335. The number of para-hydroxylation sites is 1. The molecule has 4 rings (SSSR count). The van der Waals surface area contributed by atoms with Gasteiger partial charge in [-0.05, 0) is 36.6 Å². The van der Waals surface area contributed by atoms with Crippen LogP contribution in [0.2, 0.25) is 0 Å². The van der Waals surface area contributed by atoms with Crippen molar-refractivity contribution in [1.82, 2.24) is 15.2 Å². The van der Waals surface area contributed by atoms with Crippen LogP contribution >= 0.6 is 0 Å². The molecule has 1 aliphatic heterocycles. The molecule has 1 aromatic heterocycles. The molecule has 0 amide bonds. The molecule has 1 saturated heterocycles. The van der Waals surface area contributed by atoms with Crippen LogP contribution in [0, 0.1) is 0 Å². The van der Waals surface area contributed by atoms with Gasteiger partial charge in [0.2, 0.25) is 0 Å². The average Bonchev–Trinajstić information content (AvgIpc) is 3.41. The number of benzene rings is 2.